The minimum atomic E-state index is -0.458. The fraction of sp³-hybridized carbons (Fsp3) is 0.0714. The molecule has 0 aliphatic heterocycles. The Hall–Kier alpha value is -2.80. The summed E-state index contributed by atoms with van der Waals surface area (Å²) in [6, 6.07) is 10.0. The van der Waals surface area contributed by atoms with Gasteiger partial charge in [0.05, 0.1) is 0 Å². The summed E-state index contributed by atoms with van der Waals surface area (Å²) < 4.78 is 13.6. The Labute approximate surface area is 121 Å². The van der Waals surface area contributed by atoms with E-state index < -0.39 is 5.82 Å². The maximum absolute atomic E-state index is 13.6. The van der Waals surface area contributed by atoms with Gasteiger partial charge in [0.1, 0.15) is 11.5 Å². The van der Waals surface area contributed by atoms with Crippen molar-refractivity contribution in [1.29, 1.82) is 0 Å². The van der Waals surface area contributed by atoms with Crippen LogP contribution in [-0.2, 0) is 0 Å². The Morgan fingerprint density at radius 3 is 2.71 bits per heavy atom. The molecule has 1 heterocycles. The van der Waals surface area contributed by atoms with E-state index in [4.69, 9.17) is 11.5 Å². The summed E-state index contributed by atoms with van der Waals surface area (Å²) in [5.41, 5.74) is 12.3. The van der Waals surface area contributed by atoms with Crippen LogP contribution in [0.5, 0.6) is 0 Å². The zero-order valence-electron chi connectivity index (χ0n) is 11.5. The topological polar surface area (TPSA) is 106 Å². The van der Waals surface area contributed by atoms with Gasteiger partial charge in [-0.25, -0.2) is 19.7 Å². The minimum Gasteiger partial charge on any atom is -0.368 e. The van der Waals surface area contributed by atoms with Gasteiger partial charge >= 0.3 is 5.96 Å². The third kappa shape index (κ3) is 4.36. The van der Waals surface area contributed by atoms with E-state index in [1.807, 2.05) is 6.07 Å². The van der Waals surface area contributed by atoms with Crippen molar-refractivity contribution in [3.8, 4) is 0 Å². The predicted molar refractivity (Wildman–Crippen MR) is 79.9 cm³/mol. The maximum atomic E-state index is 13.6. The van der Waals surface area contributed by atoms with Crippen LogP contribution in [0.3, 0.4) is 0 Å². The van der Waals surface area contributed by atoms with Gasteiger partial charge in [-0.2, -0.15) is 0 Å². The number of rotatable bonds is 2. The van der Waals surface area contributed by atoms with Crippen molar-refractivity contribution >= 4 is 23.4 Å². The second kappa shape index (κ2) is 6.58. The molecule has 0 saturated heterocycles. The fourth-order valence-corrected chi connectivity index (χ4v) is 1.63. The molecule has 0 bridgehead atoms. The van der Waals surface area contributed by atoms with Crippen LogP contribution in [0.4, 0.5) is 15.9 Å². The van der Waals surface area contributed by atoms with Gasteiger partial charge in [-0.15, -0.1) is 4.99 Å². The SMILES string of the molecule is Cc1ccc(N=C(N)N=C(N)[NH2+]c2ccccn2)c(F)c1. The van der Waals surface area contributed by atoms with E-state index in [9.17, 15) is 4.39 Å². The summed E-state index contributed by atoms with van der Waals surface area (Å²) in [5, 5.41) is 1.55. The number of halogens is 1. The van der Waals surface area contributed by atoms with Gasteiger partial charge in [0, 0.05) is 12.3 Å². The van der Waals surface area contributed by atoms with Crippen LogP contribution in [0.1, 0.15) is 5.56 Å². The largest absolute Gasteiger partial charge is 0.368 e. The number of nitrogens with zero attached hydrogens (tertiary/aromatic N) is 3. The highest BCUT2D eigenvalue weighted by Crippen LogP contribution is 2.18. The molecule has 1 aromatic heterocycles. The van der Waals surface area contributed by atoms with Crippen LogP contribution in [0.2, 0.25) is 0 Å². The molecule has 0 amide bonds. The molecule has 2 rings (SSSR count). The quantitative estimate of drug-likeness (QED) is 0.558. The Balaban J connectivity index is 2.13. The molecule has 6 nitrogen and oxygen atoms in total. The third-order valence-electron chi connectivity index (χ3n) is 2.57. The number of aryl methyl sites for hydroxylation is 1. The molecule has 108 valence electrons. The molecule has 0 spiro atoms. The number of pyridine rings is 1. The first-order valence-electron chi connectivity index (χ1n) is 6.25. The molecule has 0 aliphatic carbocycles. The first-order chi connectivity index (χ1) is 10.0. The molecule has 21 heavy (non-hydrogen) atoms. The number of aromatic nitrogens is 1. The first kappa shape index (κ1) is 14.6. The average Bonchev–Trinajstić information content (AvgIpc) is 2.43. The molecule has 6 N–H and O–H groups in total. The van der Waals surface area contributed by atoms with E-state index in [1.54, 1.807) is 36.6 Å². The highest BCUT2D eigenvalue weighted by atomic mass is 19.1. The highest BCUT2D eigenvalue weighted by Gasteiger charge is 2.05. The van der Waals surface area contributed by atoms with Crippen molar-refractivity contribution in [3.63, 3.8) is 0 Å². The predicted octanol–water partition coefficient (Wildman–Crippen LogP) is 0.685. The summed E-state index contributed by atoms with van der Waals surface area (Å²) >= 11 is 0. The Morgan fingerprint density at radius 1 is 1.24 bits per heavy atom. The molecule has 0 radical (unpaired) electrons. The Kier molecular flexibility index (Phi) is 4.57. The van der Waals surface area contributed by atoms with Crippen molar-refractivity contribution in [3.05, 3.63) is 54.0 Å². The number of guanidine groups is 2. The summed E-state index contributed by atoms with van der Waals surface area (Å²) in [7, 11) is 0. The van der Waals surface area contributed by atoms with E-state index in [2.05, 4.69) is 15.0 Å². The normalized spacial score (nSPS) is 12.5. The van der Waals surface area contributed by atoms with Gasteiger partial charge in [-0.3, -0.25) is 0 Å². The summed E-state index contributed by atoms with van der Waals surface area (Å²) in [5.74, 6) is 0.207. The summed E-state index contributed by atoms with van der Waals surface area (Å²) in [6.45, 7) is 1.79. The first-order valence-corrected chi connectivity index (χ1v) is 6.25. The zero-order valence-corrected chi connectivity index (χ0v) is 11.5. The third-order valence-corrected chi connectivity index (χ3v) is 2.57. The fourth-order valence-electron chi connectivity index (χ4n) is 1.63. The van der Waals surface area contributed by atoms with Gasteiger partial charge in [0.15, 0.2) is 0 Å². The number of nitrogens with two attached hydrogens (primary N) is 3. The molecule has 0 aliphatic rings. The standard InChI is InChI=1S/C14H15FN6/c1-9-5-6-11(10(15)8-9)19-13(16)21-14(17)20-12-4-2-3-7-18-12/h2-8H,1H3,(H5,16,17,18,19,20,21)/p+1. The lowest BCUT2D eigenvalue weighted by molar-refractivity contribution is -0.450. The monoisotopic (exact) mass is 287 g/mol. The average molecular weight is 287 g/mol. The summed E-state index contributed by atoms with van der Waals surface area (Å²) in [4.78, 5) is 11.9. The van der Waals surface area contributed by atoms with Crippen molar-refractivity contribution in [1.82, 2.24) is 4.98 Å². The molecule has 0 unspecified atom stereocenters. The van der Waals surface area contributed by atoms with E-state index >= 15 is 0 Å². The van der Waals surface area contributed by atoms with Crippen LogP contribution >= 0.6 is 0 Å². The molecule has 7 heteroatoms. The second-order valence-corrected chi connectivity index (χ2v) is 4.36. The number of aliphatic imine (C=N–C) groups is 2. The minimum absolute atomic E-state index is 0.118. The van der Waals surface area contributed by atoms with Crippen LogP contribution in [0, 0.1) is 12.7 Å². The molecule has 0 saturated carbocycles. The zero-order chi connectivity index (χ0) is 15.2. The molecule has 0 atom stereocenters. The van der Waals surface area contributed by atoms with Crippen LogP contribution in [0.15, 0.2) is 52.6 Å². The van der Waals surface area contributed by atoms with Gasteiger partial charge in [-0.1, -0.05) is 12.1 Å². The molecular weight excluding hydrogens is 271 g/mol. The Morgan fingerprint density at radius 2 is 2.05 bits per heavy atom. The number of hydrogen-bond acceptors (Lipinski definition) is 2. The van der Waals surface area contributed by atoms with E-state index in [1.165, 1.54) is 12.1 Å². The van der Waals surface area contributed by atoms with Crippen LogP contribution in [0.25, 0.3) is 0 Å². The number of quaternary nitrogens is 1. The van der Waals surface area contributed by atoms with Crippen molar-refractivity contribution in [2.75, 3.05) is 0 Å². The van der Waals surface area contributed by atoms with E-state index in [0.717, 1.165) is 5.56 Å². The van der Waals surface area contributed by atoms with Crippen LogP contribution < -0.4 is 16.8 Å². The smallest absolute Gasteiger partial charge is 0.306 e. The van der Waals surface area contributed by atoms with Gasteiger partial charge < -0.3 is 11.5 Å². The van der Waals surface area contributed by atoms with E-state index in [0.29, 0.717) is 5.82 Å². The lowest BCUT2D eigenvalue weighted by Crippen LogP contribution is -2.85. The van der Waals surface area contributed by atoms with Gasteiger partial charge in [0.25, 0.3) is 0 Å². The van der Waals surface area contributed by atoms with Crippen LogP contribution in [-0.4, -0.2) is 16.9 Å². The van der Waals surface area contributed by atoms with Gasteiger partial charge in [0.2, 0.25) is 11.8 Å². The molecular formula is C14H16FN6+. The van der Waals surface area contributed by atoms with Gasteiger partial charge in [-0.05, 0) is 30.7 Å². The maximum Gasteiger partial charge on any atom is 0.306 e. The lowest BCUT2D eigenvalue weighted by Gasteiger charge is -2.00. The van der Waals surface area contributed by atoms with E-state index in [-0.39, 0.29) is 17.6 Å². The molecule has 0 fully saturated rings. The second-order valence-electron chi connectivity index (χ2n) is 4.36. The lowest BCUT2D eigenvalue weighted by atomic mass is 10.2. The molecule has 2 aromatic rings. The van der Waals surface area contributed by atoms with Crippen molar-refractivity contribution in [2.24, 2.45) is 21.5 Å². The number of benzene rings is 1. The molecule has 1 aromatic carbocycles. The number of hydrogen-bond donors (Lipinski definition) is 3. The Bertz CT molecular complexity index is 681. The highest BCUT2D eigenvalue weighted by molar-refractivity contribution is 5.91. The van der Waals surface area contributed by atoms with Crippen molar-refractivity contribution in [2.45, 2.75) is 6.92 Å². The summed E-state index contributed by atoms with van der Waals surface area (Å²) in [6.07, 6.45) is 1.64. The van der Waals surface area contributed by atoms with Crippen molar-refractivity contribution < 1.29 is 9.71 Å².